The molecule has 0 saturated carbocycles. The Morgan fingerprint density at radius 3 is 2.92 bits per heavy atom. The average Bonchev–Trinajstić information content (AvgIpc) is 2.04. The molecule has 4 heteroatoms. The highest BCUT2D eigenvalue weighted by atomic mass is 79.9. The lowest BCUT2D eigenvalue weighted by atomic mass is 10.3. The standard InChI is InChI=1S/C8H10BrN3/c1-11-8(10)12-7-4-2-3-6(9)5-7/h2-5H,1H3,(H3,10,11,12). The smallest absolute Gasteiger partial charge is 0.192 e. The summed E-state index contributed by atoms with van der Waals surface area (Å²) in [5.41, 5.74) is 6.40. The summed E-state index contributed by atoms with van der Waals surface area (Å²) >= 11 is 3.35. The van der Waals surface area contributed by atoms with Gasteiger partial charge in [0, 0.05) is 17.2 Å². The Morgan fingerprint density at radius 2 is 2.33 bits per heavy atom. The summed E-state index contributed by atoms with van der Waals surface area (Å²) < 4.78 is 1.01. The topological polar surface area (TPSA) is 50.4 Å². The summed E-state index contributed by atoms with van der Waals surface area (Å²) in [6.45, 7) is 0. The minimum Gasteiger partial charge on any atom is -0.370 e. The quantitative estimate of drug-likeness (QED) is 0.568. The molecule has 0 aromatic heterocycles. The second kappa shape index (κ2) is 4.11. The molecule has 0 heterocycles. The van der Waals surface area contributed by atoms with E-state index in [1.165, 1.54) is 0 Å². The second-order valence-electron chi connectivity index (χ2n) is 2.24. The molecule has 12 heavy (non-hydrogen) atoms. The zero-order valence-electron chi connectivity index (χ0n) is 6.71. The van der Waals surface area contributed by atoms with E-state index in [1.807, 2.05) is 24.3 Å². The van der Waals surface area contributed by atoms with Crippen molar-refractivity contribution in [2.24, 2.45) is 10.7 Å². The molecule has 0 unspecified atom stereocenters. The number of anilines is 1. The van der Waals surface area contributed by atoms with E-state index in [1.54, 1.807) is 7.05 Å². The fraction of sp³-hybridized carbons (Fsp3) is 0.125. The molecule has 0 saturated heterocycles. The van der Waals surface area contributed by atoms with Gasteiger partial charge in [-0.1, -0.05) is 22.0 Å². The molecule has 0 spiro atoms. The highest BCUT2D eigenvalue weighted by Gasteiger charge is 1.93. The first kappa shape index (κ1) is 9.06. The minimum atomic E-state index is 0.410. The SMILES string of the molecule is CN=C(N)Nc1cccc(Br)c1. The Labute approximate surface area is 79.8 Å². The van der Waals surface area contributed by atoms with E-state index in [2.05, 4.69) is 26.2 Å². The van der Waals surface area contributed by atoms with Crippen LogP contribution in [0.3, 0.4) is 0 Å². The van der Waals surface area contributed by atoms with Gasteiger partial charge in [0.1, 0.15) is 0 Å². The number of aliphatic imine (C=N–C) groups is 1. The van der Waals surface area contributed by atoms with Crippen molar-refractivity contribution in [3.05, 3.63) is 28.7 Å². The number of hydrogen-bond acceptors (Lipinski definition) is 1. The van der Waals surface area contributed by atoms with Crippen LogP contribution in [0, 0.1) is 0 Å². The molecule has 0 amide bonds. The third kappa shape index (κ3) is 2.54. The molecule has 0 radical (unpaired) electrons. The summed E-state index contributed by atoms with van der Waals surface area (Å²) in [6.07, 6.45) is 0. The van der Waals surface area contributed by atoms with E-state index in [0.717, 1.165) is 10.2 Å². The van der Waals surface area contributed by atoms with Gasteiger partial charge in [0.05, 0.1) is 0 Å². The largest absolute Gasteiger partial charge is 0.370 e. The lowest BCUT2D eigenvalue weighted by Crippen LogP contribution is -2.21. The minimum absolute atomic E-state index is 0.410. The molecule has 0 aliphatic carbocycles. The van der Waals surface area contributed by atoms with Gasteiger partial charge in [-0.3, -0.25) is 4.99 Å². The van der Waals surface area contributed by atoms with Gasteiger partial charge in [0.2, 0.25) is 0 Å². The Kier molecular flexibility index (Phi) is 3.10. The molecule has 0 aliphatic rings. The summed E-state index contributed by atoms with van der Waals surface area (Å²) in [4.78, 5) is 3.78. The molecular weight excluding hydrogens is 218 g/mol. The molecule has 0 aliphatic heterocycles. The predicted molar refractivity (Wildman–Crippen MR) is 55.3 cm³/mol. The number of benzene rings is 1. The summed E-state index contributed by atoms with van der Waals surface area (Å²) in [7, 11) is 1.64. The Morgan fingerprint density at radius 1 is 1.58 bits per heavy atom. The molecule has 1 aromatic rings. The fourth-order valence-electron chi connectivity index (χ4n) is 0.770. The second-order valence-corrected chi connectivity index (χ2v) is 3.16. The Hall–Kier alpha value is -1.03. The molecule has 1 aromatic carbocycles. The first-order valence-corrected chi connectivity index (χ1v) is 4.26. The first-order chi connectivity index (χ1) is 5.72. The maximum Gasteiger partial charge on any atom is 0.192 e. The average molecular weight is 228 g/mol. The van der Waals surface area contributed by atoms with Crippen LogP contribution in [0.15, 0.2) is 33.7 Å². The Bertz CT molecular complexity index is 296. The summed E-state index contributed by atoms with van der Waals surface area (Å²) in [5, 5.41) is 2.93. The number of rotatable bonds is 1. The van der Waals surface area contributed by atoms with Crippen LogP contribution in [-0.2, 0) is 0 Å². The van der Waals surface area contributed by atoms with E-state index >= 15 is 0 Å². The van der Waals surface area contributed by atoms with Gasteiger partial charge in [0.25, 0.3) is 0 Å². The molecule has 3 nitrogen and oxygen atoms in total. The highest BCUT2D eigenvalue weighted by Crippen LogP contribution is 2.14. The van der Waals surface area contributed by atoms with E-state index in [4.69, 9.17) is 5.73 Å². The summed E-state index contributed by atoms with van der Waals surface area (Å²) in [5.74, 6) is 0.410. The van der Waals surface area contributed by atoms with E-state index in [0.29, 0.717) is 5.96 Å². The molecule has 0 bridgehead atoms. The molecule has 0 atom stereocenters. The van der Waals surface area contributed by atoms with Crippen LogP contribution >= 0.6 is 15.9 Å². The maximum absolute atomic E-state index is 5.48. The number of nitrogens with zero attached hydrogens (tertiary/aromatic N) is 1. The molecule has 3 N–H and O–H groups in total. The van der Waals surface area contributed by atoms with Gasteiger partial charge in [-0.2, -0.15) is 0 Å². The van der Waals surface area contributed by atoms with Gasteiger partial charge >= 0.3 is 0 Å². The number of guanidine groups is 1. The van der Waals surface area contributed by atoms with Gasteiger partial charge in [-0.05, 0) is 18.2 Å². The van der Waals surface area contributed by atoms with Gasteiger partial charge < -0.3 is 11.1 Å². The van der Waals surface area contributed by atoms with Crippen LogP contribution in [0.1, 0.15) is 0 Å². The van der Waals surface area contributed by atoms with Crippen LogP contribution in [0.25, 0.3) is 0 Å². The van der Waals surface area contributed by atoms with Crippen molar-refractivity contribution >= 4 is 27.6 Å². The Balaban J connectivity index is 2.76. The molecule has 1 rings (SSSR count). The van der Waals surface area contributed by atoms with Crippen molar-refractivity contribution in [3.8, 4) is 0 Å². The van der Waals surface area contributed by atoms with Crippen LogP contribution in [0.5, 0.6) is 0 Å². The summed E-state index contributed by atoms with van der Waals surface area (Å²) in [6, 6.07) is 7.72. The van der Waals surface area contributed by atoms with E-state index in [9.17, 15) is 0 Å². The van der Waals surface area contributed by atoms with Gasteiger partial charge in [-0.25, -0.2) is 0 Å². The van der Waals surface area contributed by atoms with E-state index in [-0.39, 0.29) is 0 Å². The van der Waals surface area contributed by atoms with Gasteiger partial charge in [-0.15, -0.1) is 0 Å². The number of halogens is 1. The number of nitrogens with two attached hydrogens (primary N) is 1. The third-order valence-corrected chi connectivity index (χ3v) is 1.83. The fourth-order valence-corrected chi connectivity index (χ4v) is 1.17. The van der Waals surface area contributed by atoms with Crippen LogP contribution < -0.4 is 11.1 Å². The van der Waals surface area contributed by atoms with Gasteiger partial charge in [0.15, 0.2) is 5.96 Å². The number of nitrogens with one attached hydrogen (secondary N) is 1. The van der Waals surface area contributed by atoms with Crippen LogP contribution in [0.2, 0.25) is 0 Å². The molecule has 0 fully saturated rings. The lowest BCUT2D eigenvalue weighted by molar-refractivity contribution is 1.38. The van der Waals surface area contributed by atoms with Crippen LogP contribution in [-0.4, -0.2) is 13.0 Å². The van der Waals surface area contributed by atoms with Crippen molar-refractivity contribution in [2.45, 2.75) is 0 Å². The molecule has 64 valence electrons. The highest BCUT2D eigenvalue weighted by molar-refractivity contribution is 9.10. The number of hydrogen-bond donors (Lipinski definition) is 2. The lowest BCUT2D eigenvalue weighted by Gasteiger charge is -2.03. The van der Waals surface area contributed by atoms with Crippen molar-refractivity contribution in [1.29, 1.82) is 0 Å². The zero-order valence-corrected chi connectivity index (χ0v) is 8.30. The first-order valence-electron chi connectivity index (χ1n) is 3.47. The van der Waals surface area contributed by atoms with E-state index < -0.39 is 0 Å². The normalized spacial score (nSPS) is 11.3. The van der Waals surface area contributed by atoms with Crippen molar-refractivity contribution in [2.75, 3.05) is 12.4 Å². The monoisotopic (exact) mass is 227 g/mol. The predicted octanol–water partition coefficient (Wildman–Crippen LogP) is 1.81. The third-order valence-electron chi connectivity index (χ3n) is 1.34. The molecular formula is C8H10BrN3. The maximum atomic E-state index is 5.48. The van der Waals surface area contributed by atoms with Crippen molar-refractivity contribution in [1.82, 2.24) is 0 Å². The van der Waals surface area contributed by atoms with Crippen molar-refractivity contribution < 1.29 is 0 Å². The van der Waals surface area contributed by atoms with Crippen molar-refractivity contribution in [3.63, 3.8) is 0 Å². The zero-order chi connectivity index (χ0) is 8.97. The van der Waals surface area contributed by atoms with Crippen LogP contribution in [0.4, 0.5) is 5.69 Å².